The van der Waals surface area contributed by atoms with Crippen molar-refractivity contribution in [2.75, 3.05) is 23.9 Å². The molecule has 0 saturated carbocycles. The molecule has 2 amide bonds. The second-order valence-corrected chi connectivity index (χ2v) is 7.37. The summed E-state index contributed by atoms with van der Waals surface area (Å²) in [7, 11) is 1.52. The van der Waals surface area contributed by atoms with Crippen LogP contribution in [-0.2, 0) is 9.59 Å². The van der Waals surface area contributed by atoms with Crippen molar-refractivity contribution in [1.82, 2.24) is 0 Å². The predicted octanol–water partition coefficient (Wildman–Crippen LogP) is 5.02. The number of carbonyl (C=O) groups excluding carboxylic acids is 2. The van der Waals surface area contributed by atoms with Gasteiger partial charge in [-0.25, -0.2) is 9.29 Å². The summed E-state index contributed by atoms with van der Waals surface area (Å²) in [5.74, 6) is -0.413. The molecule has 7 heteroatoms. The van der Waals surface area contributed by atoms with E-state index in [0.29, 0.717) is 35.0 Å². The number of amides is 2. The molecule has 1 aliphatic heterocycles. The molecular weight excluding hydrogens is 423 g/mol. The summed E-state index contributed by atoms with van der Waals surface area (Å²) in [4.78, 5) is 28.1. The monoisotopic (exact) mass is 446 g/mol. The van der Waals surface area contributed by atoms with Crippen molar-refractivity contribution < 1.29 is 23.5 Å². The summed E-state index contributed by atoms with van der Waals surface area (Å²) in [5.41, 5.74) is 1.56. The van der Waals surface area contributed by atoms with Crippen LogP contribution in [0.2, 0.25) is 0 Å². The van der Waals surface area contributed by atoms with E-state index in [1.54, 1.807) is 48.5 Å². The topological polar surface area (TPSA) is 67.9 Å². The Bertz CT molecular complexity index is 1220. The van der Waals surface area contributed by atoms with E-state index in [0.717, 1.165) is 11.3 Å². The van der Waals surface area contributed by atoms with Crippen LogP contribution in [0.1, 0.15) is 18.9 Å². The maximum Gasteiger partial charge on any atom is 0.282 e. The average molecular weight is 446 g/mol. The molecule has 33 heavy (non-hydrogen) atoms. The number of imide groups is 1. The van der Waals surface area contributed by atoms with E-state index in [-0.39, 0.29) is 11.3 Å². The molecule has 0 atom stereocenters. The lowest BCUT2D eigenvalue weighted by Crippen LogP contribution is -2.32. The lowest BCUT2D eigenvalue weighted by molar-refractivity contribution is -0.120. The standard InChI is InChI=1S/C26H23FN2O4/c1-3-15-33-20-8-6-7-19(16-20)29-25(30)23(17-11-13-18(27)14-12-17)24(26(29)31)28-21-9-4-5-10-22(21)32-2/h4-14,16,28H,3,15H2,1-2H3. The van der Waals surface area contributed by atoms with Crippen molar-refractivity contribution in [3.05, 3.63) is 89.9 Å². The number of halogens is 1. The maximum atomic E-state index is 13.6. The third kappa shape index (κ3) is 4.43. The summed E-state index contributed by atoms with van der Waals surface area (Å²) < 4.78 is 24.6. The minimum atomic E-state index is -0.530. The third-order valence-corrected chi connectivity index (χ3v) is 5.13. The van der Waals surface area contributed by atoms with Gasteiger partial charge in [-0.2, -0.15) is 0 Å². The highest BCUT2D eigenvalue weighted by atomic mass is 19.1. The van der Waals surface area contributed by atoms with Crippen molar-refractivity contribution in [1.29, 1.82) is 0 Å². The molecule has 1 heterocycles. The van der Waals surface area contributed by atoms with Crippen molar-refractivity contribution >= 4 is 28.8 Å². The van der Waals surface area contributed by atoms with Crippen LogP contribution in [0.4, 0.5) is 15.8 Å². The molecule has 0 spiro atoms. The first-order valence-electron chi connectivity index (χ1n) is 10.6. The van der Waals surface area contributed by atoms with Crippen LogP contribution in [0, 0.1) is 5.82 Å². The number of rotatable bonds is 8. The Morgan fingerprint density at radius 2 is 1.70 bits per heavy atom. The summed E-state index contributed by atoms with van der Waals surface area (Å²) in [6, 6.07) is 19.4. The summed E-state index contributed by atoms with van der Waals surface area (Å²) in [6.45, 7) is 2.51. The second kappa shape index (κ2) is 9.56. The number of nitrogens with zero attached hydrogens (tertiary/aromatic N) is 1. The molecule has 1 aliphatic rings. The number of methoxy groups -OCH3 is 1. The zero-order valence-corrected chi connectivity index (χ0v) is 18.3. The van der Waals surface area contributed by atoms with Gasteiger partial charge in [-0.15, -0.1) is 0 Å². The highest BCUT2D eigenvalue weighted by Crippen LogP contribution is 2.36. The fourth-order valence-corrected chi connectivity index (χ4v) is 3.58. The van der Waals surface area contributed by atoms with Gasteiger partial charge < -0.3 is 14.8 Å². The van der Waals surface area contributed by atoms with Crippen LogP contribution in [0.15, 0.2) is 78.5 Å². The number of nitrogens with one attached hydrogen (secondary N) is 1. The summed E-state index contributed by atoms with van der Waals surface area (Å²) in [6.07, 6.45) is 0.828. The van der Waals surface area contributed by atoms with Crippen molar-refractivity contribution in [3.8, 4) is 11.5 Å². The molecule has 0 aliphatic carbocycles. The number of hydrogen-bond acceptors (Lipinski definition) is 5. The highest BCUT2D eigenvalue weighted by Gasteiger charge is 2.40. The van der Waals surface area contributed by atoms with Crippen molar-refractivity contribution in [2.45, 2.75) is 13.3 Å². The molecule has 0 aromatic heterocycles. The van der Waals surface area contributed by atoms with Gasteiger partial charge in [0.05, 0.1) is 30.7 Å². The molecule has 1 N–H and O–H groups in total. The lowest BCUT2D eigenvalue weighted by Gasteiger charge is -2.17. The largest absolute Gasteiger partial charge is 0.495 e. The first-order chi connectivity index (χ1) is 16.0. The zero-order chi connectivity index (χ0) is 23.4. The normalized spacial score (nSPS) is 13.5. The lowest BCUT2D eigenvalue weighted by atomic mass is 10.0. The van der Waals surface area contributed by atoms with Gasteiger partial charge in [0.15, 0.2) is 0 Å². The molecule has 6 nitrogen and oxygen atoms in total. The summed E-state index contributed by atoms with van der Waals surface area (Å²) >= 11 is 0. The Morgan fingerprint density at radius 3 is 2.42 bits per heavy atom. The van der Waals surface area contributed by atoms with E-state index in [2.05, 4.69) is 5.32 Å². The molecule has 168 valence electrons. The SMILES string of the molecule is CCCOc1cccc(N2C(=O)C(Nc3ccccc3OC)=C(c3ccc(F)cc3)C2=O)c1. The molecule has 0 saturated heterocycles. The Kier molecular flexibility index (Phi) is 6.40. The molecular formula is C26H23FN2O4. The number of carbonyl (C=O) groups is 2. The fourth-order valence-electron chi connectivity index (χ4n) is 3.58. The van der Waals surface area contributed by atoms with E-state index in [1.165, 1.54) is 31.4 Å². The molecule has 0 fully saturated rings. The van der Waals surface area contributed by atoms with Crippen molar-refractivity contribution in [3.63, 3.8) is 0 Å². The number of benzene rings is 3. The van der Waals surface area contributed by atoms with E-state index in [9.17, 15) is 14.0 Å². The predicted molar refractivity (Wildman–Crippen MR) is 125 cm³/mol. The van der Waals surface area contributed by atoms with Gasteiger partial charge in [-0.05, 0) is 48.4 Å². The Labute approximate surface area is 191 Å². The number of hydrogen-bond donors (Lipinski definition) is 1. The van der Waals surface area contributed by atoms with E-state index < -0.39 is 17.6 Å². The van der Waals surface area contributed by atoms with Gasteiger partial charge in [0.2, 0.25) is 0 Å². The van der Waals surface area contributed by atoms with Gasteiger partial charge in [-0.3, -0.25) is 9.59 Å². The fraction of sp³-hybridized carbons (Fsp3) is 0.154. The van der Waals surface area contributed by atoms with E-state index >= 15 is 0 Å². The molecule has 0 unspecified atom stereocenters. The smallest absolute Gasteiger partial charge is 0.282 e. The molecule has 3 aromatic rings. The quantitative estimate of drug-likeness (QED) is 0.492. The van der Waals surface area contributed by atoms with Crippen LogP contribution in [0.25, 0.3) is 5.57 Å². The van der Waals surface area contributed by atoms with Crippen molar-refractivity contribution in [2.24, 2.45) is 0 Å². The highest BCUT2D eigenvalue weighted by molar-refractivity contribution is 6.46. The summed E-state index contributed by atoms with van der Waals surface area (Å²) in [5, 5.41) is 3.07. The number of ether oxygens (including phenoxy) is 2. The molecule has 3 aromatic carbocycles. The van der Waals surface area contributed by atoms with Gasteiger partial charge >= 0.3 is 0 Å². The Balaban J connectivity index is 1.78. The first kappa shape index (κ1) is 22.1. The second-order valence-electron chi connectivity index (χ2n) is 7.37. The molecule has 4 rings (SSSR count). The minimum absolute atomic E-state index is 0.0796. The molecule has 0 bridgehead atoms. The van der Waals surface area contributed by atoms with Crippen LogP contribution < -0.4 is 19.7 Å². The first-order valence-corrected chi connectivity index (χ1v) is 10.6. The Morgan fingerprint density at radius 1 is 0.939 bits per heavy atom. The van der Waals surface area contributed by atoms with Crippen LogP contribution in [0.5, 0.6) is 11.5 Å². The number of para-hydroxylation sites is 2. The van der Waals surface area contributed by atoms with Gasteiger partial charge in [0.25, 0.3) is 11.8 Å². The third-order valence-electron chi connectivity index (χ3n) is 5.13. The Hall–Kier alpha value is -4.13. The minimum Gasteiger partial charge on any atom is -0.495 e. The van der Waals surface area contributed by atoms with E-state index in [4.69, 9.17) is 9.47 Å². The average Bonchev–Trinajstić information content (AvgIpc) is 3.08. The van der Waals surface area contributed by atoms with Gasteiger partial charge in [-0.1, -0.05) is 37.3 Å². The van der Waals surface area contributed by atoms with Crippen LogP contribution >= 0.6 is 0 Å². The van der Waals surface area contributed by atoms with Crippen LogP contribution in [-0.4, -0.2) is 25.5 Å². The van der Waals surface area contributed by atoms with E-state index in [1.807, 2.05) is 6.92 Å². The molecule has 0 radical (unpaired) electrons. The number of anilines is 2. The maximum absolute atomic E-state index is 13.6. The van der Waals surface area contributed by atoms with Crippen LogP contribution in [0.3, 0.4) is 0 Å². The van der Waals surface area contributed by atoms with Gasteiger partial charge in [0, 0.05) is 6.07 Å². The zero-order valence-electron chi connectivity index (χ0n) is 18.3. The van der Waals surface area contributed by atoms with Gasteiger partial charge in [0.1, 0.15) is 23.0 Å².